The van der Waals surface area contributed by atoms with Crippen LogP contribution in [0.15, 0.2) is 17.0 Å². The number of carboxylic acids is 1. The van der Waals surface area contributed by atoms with E-state index in [2.05, 4.69) is 37.9 Å². The first kappa shape index (κ1) is 13.3. The number of aryl methyl sites for hydroxylation is 2. The molecule has 18 heavy (non-hydrogen) atoms. The van der Waals surface area contributed by atoms with Gasteiger partial charge in [0.1, 0.15) is 0 Å². The maximum absolute atomic E-state index is 10.7. The summed E-state index contributed by atoms with van der Waals surface area (Å²) in [7, 11) is 2.07. The molecule has 0 saturated heterocycles. The molecule has 1 aliphatic rings. The van der Waals surface area contributed by atoms with Gasteiger partial charge in [-0.05, 0) is 43.5 Å². The molecule has 4 heteroatoms. The molecule has 0 spiro atoms. The lowest BCUT2D eigenvalue weighted by Gasteiger charge is -2.36. The lowest BCUT2D eigenvalue weighted by atomic mass is 10.1. The summed E-state index contributed by atoms with van der Waals surface area (Å²) in [5.41, 5.74) is 3.85. The molecule has 0 aliphatic carbocycles. The van der Waals surface area contributed by atoms with Crippen molar-refractivity contribution < 1.29 is 9.90 Å². The first-order valence-electron chi connectivity index (χ1n) is 6.17. The predicted molar refractivity (Wildman–Crippen MR) is 75.7 cm³/mol. The molecular formula is C14H19NO2S. The highest BCUT2D eigenvalue weighted by Crippen LogP contribution is 2.39. The second-order valence-electron chi connectivity index (χ2n) is 4.91. The van der Waals surface area contributed by atoms with Crippen molar-refractivity contribution in [2.45, 2.75) is 37.6 Å². The molecule has 1 N–H and O–H groups in total. The van der Waals surface area contributed by atoms with E-state index >= 15 is 0 Å². The Kier molecular flexibility index (Phi) is 3.85. The second kappa shape index (κ2) is 5.22. The zero-order valence-corrected chi connectivity index (χ0v) is 11.9. The summed E-state index contributed by atoms with van der Waals surface area (Å²) < 4.78 is 0. The summed E-state index contributed by atoms with van der Waals surface area (Å²) in [4.78, 5) is 14.2. The SMILES string of the molecule is Cc1cc2c(cc1C)N(C)C(CCC(=O)O)CS2. The third-order valence-corrected chi connectivity index (χ3v) is 4.82. The van der Waals surface area contributed by atoms with Crippen molar-refractivity contribution in [1.82, 2.24) is 0 Å². The minimum atomic E-state index is -0.709. The third-order valence-electron chi connectivity index (χ3n) is 3.63. The second-order valence-corrected chi connectivity index (χ2v) is 5.97. The number of nitrogens with zero attached hydrogens (tertiary/aromatic N) is 1. The molecule has 1 aromatic carbocycles. The van der Waals surface area contributed by atoms with Gasteiger partial charge in [0, 0.05) is 30.2 Å². The van der Waals surface area contributed by atoms with Gasteiger partial charge in [0.2, 0.25) is 0 Å². The molecule has 0 aromatic heterocycles. The molecule has 0 amide bonds. The number of aliphatic carboxylic acids is 1. The molecule has 0 bridgehead atoms. The summed E-state index contributed by atoms with van der Waals surface area (Å²) >= 11 is 1.84. The molecule has 1 atom stereocenters. The number of rotatable bonds is 3. The fourth-order valence-corrected chi connectivity index (χ4v) is 3.60. The number of hydrogen-bond acceptors (Lipinski definition) is 3. The van der Waals surface area contributed by atoms with Crippen molar-refractivity contribution in [1.29, 1.82) is 0 Å². The van der Waals surface area contributed by atoms with Crippen LogP contribution in [0, 0.1) is 13.8 Å². The first-order chi connectivity index (χ1) is 8.49. The summed E-state index contributed by atoms with van der Waals surface area (Å²) in [5.74, 6) is 0.263. The standard InChI is InChI=1S/C14H19NO2S/c1-9-6-12-13(7-10(9)2)18-8-11(15(12)3)4-5-14(16)17/h6-7,11H,4-5,8H2,1-3H3,(H,16,17). The molecule has 1 aromatic rings. The van der Waals surface area contributed by atoms with Crippen molar-refractivity contribution in [2.75, 3.05) is 17.7 Å². The molecule has 1 heterocycles. The van der Waals surface area contributed by atoms with Crippen LogP contribution < -0.4 is 4.90 Å². The van der Waals surface area contributed by atoms with Gasteiger partial charge in [-0.1, -0.05) is 0 Å². The molecule has 1 unspecified atom stereocenters. The van der Waals surface area contributed by atoms with E-state index < -0.39 is 5.97 Å². The Bertz CT molecular complexity index is 473. The predicted octanol–water partition coefficient (Wildman–Crippen LogP) is 3.08. The van der Waals surface area contributed by atoms with Crippen LogP contribution in [0.4, 0.5) is 5.69 Å². The van der Waals surface area contributed by atoms with Crippen LogP contribution >= 0.6 is 11.8 Å². The van der Waals surface area contributed by atoms with E-state index in [1.165, 1.54) is 21.7 Å². The van der Waals surface area contributed by atoms with E-state index in [-0.39, 0.29) is 6.42 Å². The van der Waals surface area contributed by atoms with Gasteiger partial charge in [0.05, 0.1) is 5.69 Å². The van der Waals surface area contributed by atoms with Crippen molar-refractivity contribution >= 4 is 23.4 Å². The summed E-state index contributed by atoms with van der Waals surface area (Å²) in [6, 6.07) is 4.77. The topological polar surface area (TPSA) is 40.5 Å². The van der Waals surface area contributed by atoms with Crippen LogP contribution in [-0.4, -0.2) is 29.9 Å². The highest BCUT2D eigenvalue weighted by atomic mass is 32.2. The van der Waals surface area contributed by atoms with Crippen molar-refractivity contribution in [3.05, 3.63) is 23.3 Å². The Labute approximate surface area is 112 Å². The largest absolute Gasteiger partial charge is 0.481 e. The number of carbonyl (C=O) groups is 1. The minimum absolute atomic E-state index is 0.246. The first-order valence-corrected chi connectivity index (χ1v) is 7.16. The lowest BCUT2D eigenvalue weighted by Crippen LogP contribution is -2.37. The van der Waals surface area contributed by atoms with E-state index in [9.17, 15) is 4.79 Å². The molecule has 0 saturated carbocycles. The van der Waals surface area contributed by atoms with Gasteiger partial charge in [-0.2, -0.15) is 0 Å². The number of hydrogen-bond donors (Lipinski definition) is 1. The lowest BCUT2D eigenvalue weighted by molar-refractivity contribution is -0.137. The van der Waals surface area contributed by atoms with Gasteiger partial charge in [-0.3, -0.25) is 4.79 Å². The monoisotopic (exact) mass is 265 g/mol. The molecule has 3 nitrogen and oxygen atoms in total. The quantitative estimate of drug-likeness (QED) is 0.912. The molecule has 2 rings (SSSR count). The van der Waals surface area contributed by atoms with Crippen molar-refractivity contribution in [3.63, 3.8) is 0 Å². The highest BCUT2D eigenvalue weighted by Gasteiger charge is 2.24. The Morgan fingerprint density at radius 2 is 2.11 bits per heavy atom. The summed E-state index contributed by atoms with van der Waals surface area (Å²) in [6.45, 7) is 4.25. The Morgan fingerprint density at radius 3 is 2.78 bits per heavy atom. The minimum Gasteiger partial charge on any atom is -0.481 e. The smallest absolute Gasteiger partial charge is 0.303 e. The number of thioether (sulfide) groups is 1. The van der Waals surface area contributed by atoms with Crippen LogP contribution in [0.3, 0.4) is 0 Å². The van der Waals surface area contributed by atoms with Crippen LogP contribution in [0.2, 0.25) is 0 Å². The van der Waals surface area contributed by atoms with Crippen LogP contribution in [0.5, 0.6) is 0 Å². The van der Waals surface area contributed by atoms with Gasteiger partial charge in [-0.15, -0.1) is 11.8 Å². The van der Waals surface area contributed by atoms with E-state index in [0.29, 0.717) is 12.5 Å². The maximum Gasteiger partial charge on any atom is 0.303 e. The zero-order chi connectivity index (χ0) is 13.3. The average molecular weight is 265 g/mol. The molecule has 0 fully saturated rings. The number of fused-ring (bicyclic) bond motifs is 1. The zero-order valence-electron chi connectivity index (χ0n) is 11.1. The van der Waals surface area contributed by atoms with Crippen molar-refractivity contribution in [2.24, 2.45) is 0 Å². The van der Waals surface area contributed by atoms with Gasteiger partial charge < -0.3 is 10.0 Å². The number of benzene rings is 1. The van der Waals surface area contributed by atoms with Gasteiger partial charge in [0.25, 0.3) is 0 Å². The van der Waals surface area contributed by atoms with Gasteiger partial charge in [-0.25, -0.2) is 0 Å². The van der Waals surface area contributed by atoms with Crippen LogP contribution in [0.25, 0.3) is 0 Å². The Morgan fingerprint density at radius 1 is 1.44 bits per heavy atom. The molecule has 1 aliphatic heterocycles. The normalized spacial score (nSPS) is 18.6. The van der Waals surface area contributed by atoms with E-state index in [1.807, 2.05) is 11.8 Å². The van der Waals surface area contributed by atoms with Crippen LogP contribution in [0.1, 0.15) is 24.0 Å². The molecular weight excluding hydrogens is 246 g/mol. The fourth-order valence-electron chi connectivity index (χ4n) is 2.23. The van der Waals surface area contributed by atoms with Gasteiger partial charge in [0.15, 0.2) is 0 Å². The summed E-state index contributed by atoms with van der Waals surface area (Å²) in [6.07, 6.45) is 0.959. The van der Waals surface area contributed by atoms with Crippen LogP contribution in [-0.2, 0) is 4.79 Å². The van der Waals surface area contributed by atoms with E-state index in [4.69, 9.17) is 5.11 Å². The summed E-state index contributed by atoms with van der Waals surface area (Å²) in [5, 5.41) is 8.78. The molecule has 0 radical (unpaired) electrons. The van der Waals surface area contributed by atoms with Crippen molar-refractivity contribution in [3.8, 4) is 0 Å². The third kappa shape index (κ3) is 2.64. The fraction of sp³-hybridized carbons (Fsp3) is 0.500. The molecule has 98 valence electrons. The highest BCUT2D eigenvalue weighted by molar-refractivity contribution is 7.99. The maximum atomic E-state index is 10.7. The number of carboxylic acid groups (broad SMARTS) is 1. The Hall–Kier alpha value is -1.16. The van der Waals surface area contributed by atoms with E-state index in [1.54, 1.807) is 0 Å². The van der Waals surface area contributed by atoms with E-state index in [0.717, 1.165) is 5.75 Å². The average Bonchev–Trinajstić information content (AvgIpc) is 2.31. The Balaban J connectivity index is 2.19. The number of anilines is 1. The van der Waals surface area contributed by atoms with Gasteiger partial charge >= 0.3 is 5.97 Å².